The van der Waals surface area contributed by atoms with Crippen molar-refractivity contribution in [3.8, 4) is 0 Å². The summed E-state index contributed by atoms with van der Waals surface area (Å²) in [5.74, 6) is 0.456. The first-order valence-corrected chi connectivity index (χ1v) is 10.8. The molecule has 1 atom stereocenters. The van der Waals surface area contributed by atoms with Gasteiger partial charge in [-0.15, -0.1) is 0 Å². The van der Waals surface area contributed by atoms with Crippen LogP contribution in [0.15, 0.2) is 97.1 Å². The number of rotatable bonds is 3. The molecule has 0 amide bonds. The average Bonchev–Trinajstić information content (AvgIpc) is 2.93. The van der Waals surface area contributed by atoms with Crippen LogP contribution in [0, 0.1) is 6.92 Å². The second-order valence-corrected chi connectivity index (χ2v) is 8.38. The fourth-order valence-electron chi connectivity index (χ4n) is 5.17. The Morgan fingerprint density at radius 2 is 1.30 bits per heavy atom. The maximum absolute atomic E-state index is 6.26. The topological polar surface area (TPSA) is 26.0 Å². The summed E-state index contributed by atoms with van der Waals surface area (Å²) in [5, 5.41) is 0. The molecule has 1 aliphatic carbocycles. The van der Waals surface area contributed by atoms with Crippen LogP contribution in [-0.2, 0) is 12.8 Å². The molecule has 30 heavy (non-hydrogen) atoms. The fraction of sp³-hybridized carbons (Fsp3) is 0.172. The Morgan fingerprint density at radius 1 is 0.700 bits per heavy atom. The first kappa shape index (κ1) is 18.7. The Hall–Kier alpha value is -3.32. The van der Waals surface area contributed by atoms with Crippen LogP contribution in [0.1, 0.15) is 50.8 Å². The Balaban J connectivity index is 1.82. The number of nitrogens with two attached hydrogens (primary N) is 1. The standard InChI is InChI=1S/C29H27N/c1-20-9-2-5-14-25(20)28(23-12-8-13-24(30)19-23)29-26-15-6-3-10-21(26)17-18-22-11-4-7-16-27(22)29/h2-16,19,28-29H,17-18,30H2,1H3. The minimum Gasteiger partial charge on any atom is -0.399 e. The molecule has 0 saturated carbocycles. The summed E-state index contributed by atoms with van der Waals surface area (Å²) in [6, 6.07) is 35.3. The Bertz CT molecular complexity index is 1140. The summed E-state index contributed by atoms with van der Waals surface area (Å²) in [6.45, 7) is 2.23. The van der Waals surface area contributed by atoms with E-state index in [1.54, 1.807) is 0 Å². The third-order valence-electron chi connectivity index (χ3n) is 6.57. The van der Waals surface area contributed by atoms with E-state index in [-0.39, 0.29) is 11.8 Å². The first-order valence-electron chi connectivity index (χ1n) is 10.8. The van der Waals surface area contributed by atoms with Crippen LogP contribution in [0.25, 0.3) is 0 Å². The van der Waals surface area contributed by atoms with Gasteiger partial charge in [-0.05, 0) is 70.8 Å². The van der Waals surface area contributed by atoms with Crippen LogP contribution in [0.3, 0.4) is 0 Å². The molecule has 0 aliphatic heterocycles. The van der Waals surface area contributed by atoms with Gasteiger partial charge in [0.15, 0.2) is 0 Å². The lowest BCUT2D eigenvalue weighted by atomic mass is 9.71. The van der Waals surface area contributed by atoms with E-state index >= 15 is 0 Å². The Labute approximate surface area is 179 Å². The highest BCUT2D eigenvalue weighted by Gasteiger charge is 2.33. The monoisotopic (exact) mass is 389 g/mol. The largest absolute Gasteiger partial charge is 0.399 e. The molecular formula is C29H27N. The number of nitrogen functional groups attached to an aromatic ring is 1. The zero-order valence-corrected chi connectivity index (χ0v) is 17.4. The van der Waals surface area contributed by atoms with Gasteiger partial charge < -0.3 is 5.73 Å². The predicted molar refractivity (Wildman–Crippen MR) is 126 cm³/mol. The van der Waals surface area contributed by atoms with Gasteiger partial charge >= 0.3 is 0 Å². The molecule has 0 heterocycles. The second-order valence-electron chi connectivity index (χ2n) is 8.38. The summed E-state index contributed by atoms with van der Waals surface area (Å²) < 4.78 is 0. The quantitative estimate of drug-likeness (QED) is 0.391. The molecular weight excluding hydrogens is 362 g/mol. The number of aryl methyl sites for hydroxylation is 3. The fourth-order valence-corrected chi connectivity index (χ4v) is 5.17. The van der Waals surface area contributed by atoms with Crippen LogP contribution >= 0.6 is 0 Å². The zero-order chi connectivity index (χ0) is 20.5. The first-order chi connectivity index (χ1) is 14.7. The molecule has 1 unspecified atom stereocenters. The molecule has 0 aromatic heterocycles. The Morgan fingerprint density at radius 3 is 1.93 bits per heavy atom. The van der Waals surface area contributed by atoms with E-state index in [4.69, 9.17) is 5.73 Å². The number of hydrogen-bond donors (Lipinski definition) is 1. The highest BCUT2D eigenvalue weighted by atomic mass is 14.5. The SMILES string of the molecule is Cc1ccccc1C(c1cccc(N)c1)C1c2ccccc2CCc2ccccc21. The van der Waals surface area contributed by atoms with Gasteiger partial charge in [0, 0.05) is 17.5 Å². The maximum Gasteiger partial charge on any atom is 0.0316 e. The van der Waals surface area contributed by atoms with Crippen molar-refractivity contribution in [2.75, 3.05) is 5.73 Å². The summed E-state index contributed by atoms with van der Waals surface area (Å²) in [7, 11) is 0. The molecule has 1 nitrogen and oxygen atoms in total. The molecule has 1 aliphatic rings. The van der Waals surface area contributed by atoms with Gasteiger partial charge in [0.25, 0.3) is 0 Å². The second kappa shape index (κ2) is 7.84. The normalized spacial score (nSPS) is 14.4. The van der Waals surface area contributed by atoms with Crippen molar-refractivity contribution in [2.24, 2.45) is 0 Å². The highest BCUT2D eigenvalue weighted by molar-refractivity contribution is 5.54. The number of benzene rings is 4. The van der Waals surface area contributed by atoms with Gasteiger partial charge in [-0.3, -0.25) is 0 Å². The van der Waals surface area contributed by atoms with Crippen LogP contribution in [0.2, 0.25) is 0 Å². The van der Waals surface area contributed by atoms with Crippen LogP contribution in [0.5, 0.6) is 0 Å². The van der Waals surface area contributed by atoms with Crippen LogP contribution in [0.4, 0.5) is 5.69 Å². The van der Waals surface area contributed by atoms with Gasteiger partial charge in [-0.2, -0.15) is 0 Å². The maximum atomic E-state index is 6.26. The third kappa shape index (κ3) is 3.31. The van der Waals surface area contributed by atoms with Gasteiger partial charge in [0.2, 0.25) is 0 Å². The molecule has 0 bridgehead atoms. The van der Waals surface area contributed by atoms with Crippen molar-refractivity contribution in [3.63, 3.8) is 0 Å². The molecule has 0 fully saturated rings. The van der Waals surface area contributed by atoms with Crippen LogP contribution < -0.4 is 5.73 Å². The average molecular weight is 390 g/mol. The van der Waals surface area contributed by atoms with E-state index in [2.05, 4.69) is 97.9 Å². The number of anilines is 1. The van der Waals surface area contributed by atoms with Gasteiger partial charge in [0.05, 0.1) is 0 Å². The molecule has 148 valence electrons. The van der Waals surface area contributed by atoms with Gasteiger partial charge in [-0.25, -0.2) is 0 Å². The molecule has 2 N–H and O–H groups in total. The molecule has 4 aromatic carbocycles. The van der Waals surface area contributed by atoms with E-state index in [0.29, 0.717) is 0 Å². The highest BCUT2D eigenvalue weighted by Crippen LogP contribution is 2.47. The molecule has 0 radical (unpaired) electrons. The van der Waals surface area contributed by atoms with Crippen molar-refractivity contribution in [2.45, 2.75) is 31.6 Å². The lowest BCUT2D eigenvalue weighted by molar-refractivity contribution is 0.687. The van der Waals surface area contributed by atoms with Gasteiger partial charge in [-0.1, -0.05) is 84.9 Å². The van der Waals surface area contributed by atoms with E-state index in [0.717, 1.165) is 18.5 Å². The number of fused-ring (bicyclic) bond motifs is 2. The van der Waals surface area contributed by atoms with Crippen LogP contribution in [-0.4, -0.2) is 0 Å². The smallest absolute Gasteiger partial charge is 0.0316 e. The minimum absolute atomic E-state index is 0.204. The summed E-state index contributed by atoms with van der Waals surface area (Å²) in [6.07, 6.45) is 2.17. The number of hydrogen-bond acceptors (Lipinski definition) is 1. The summed E-state index contributed by atoms with van der Waals surface area (Å²) in [5.41, 5.74) is 16.9. The van der Waals surface area contributed by atoms with Crippen molar-refractivity contribution >= 4 is 5.69 Å². The zero-order valence-electron chi connectivity index (χ0n) is 17.4. The molecule has 4 aromatic rings. The lowest BCUT2D eigenvalue weighted by Crippen LogP contribution is -2.17. The van der Waals surface area contributed by atoms with Crippen molar-refractivity contribution < 1.29 is 0 Å². The molecule has 0 spiro atoms. The van der Waals surface area contributed by atoms with E-state index in [1.165, 1.54) is 38.9 Å². The van der Waals surface area contributed by atoms with E-state index in [9.17, 15) is 0 Å². The summed E-state index contributed by atoms with van der Waals surface area (Å²) in [4.78, 5) is 0. The third-order valence-corrected chi connectivity index (χ3v) is 6.57. The van der Waals surface area contributed by atoms with E-state index < -0.39 is 0 Å². The van der Waals surface area contributed by atoms with Gasteiger partial charge in [0.1, 0.15) is 0 Å². The van der Waals surface area contributed by atoms with Crippen molar-refractivity contribution in [3.05, 3.63) is 136 Å². The van der Waals surface area contributed by atoms with E-state index in [1.807, 2.05) is 6.07 Å². The Kier molecular flexibility index (Phi) is 4.88. The minimum atomic E-state index is 0.204. The summed E-state index contributed by atoms with van der Waals surface area (Å²) >= 11 is 0. The molecule has 1 heteroatoms. The molecule has 0 saturated heterocycles. The molecule has 5 rings (SSSR count). The van der Waals surface area contributed by atoms with Crippen molar-refractivity contribution in [1.82, 2.24) is 0 Å². The predicted octanol–water partition coefficient (Wildman–Crippen LogP) is 6.64. The lowest BCUT2D eigenvalue weighted by Gasteiger charge is -2.31. The van der Waals surface area contributed by atoms with Crippen molar-refractivity contribution in [1.29, 1.82) is 0 Å².